The minimum Gasteiger partial charge on any atom is -0.489 e. The first kappa shape index (κ1) is 17.8. The van der Waals surface area contributed by atoms with E-state index in [0.717, 1.165) is 22.6 Å². The molecular weight excluding hydrogens is 377 g/mol. The molecule has 6 heteroatoms. The average molecular weight is 392 g/mol. The summed E-state index contributed by atoms with van der Waals surface area (Å²) >= 11 is 17.3. The highest BCUT2D eigenvalue weighted by atomic mass is 35.5. The third-order valence-corrected chi connectivity index (χ3v) is 4.63. The molecule has 0 saturated carbocycles. The largest absolute Gasteiger partial charge is 0.489 e. The zero-order valence-corrected chi connectivity index (χ0v) is 15.5. The van der Waals surface area contributed by atoms with Crippen LogP contribution < -0.4 is 10.1 Å². The predicted molar refractivity (Wildman–Crippen MR) is 104 cm³/mol. The molecule has 0 aliphatic carbocycles. The van der Waals surface area contributed by atoms with Gasteiger partial charge in [0.05, 0.1) is 22.9 Å². The van der Waals surface area contributed by atoms with Crippen LogP contribution in [0.4, 0.5) is 0 Å². The minimum atomic E-state index is 0.414. The third kappa shape index (κ3) is 4.98. The smallest absolute Gasteiger partial charge is 0.122 e. The van der Waals surface area contributed by atoms with E-state index in [1.54, 1.807) is 18.4 Å². The van der Waals surface area contributed by atoms with E-state index in [0.29, 0.717) is 28.2 Å². The Bertz CT molecular complexity index is 848. The summed E-state index contributed by atoms with van der Waals surface area (Å²) in [6, 6.07) is 16.8. The maximum atomic E-state index is 6.00. The summed E-state index contributed by atoms with van der Waals surface area (Å²) in [4.78, 5) is 0.660. The molecule has 0 aliphatic rings. The quantitative estimate of drug-likeness (QED) is 0.552. The molecule has 0 amide bonds. The lowest BCUT2D eigenvalue weighted by Crippen LogP contribution is -2.21. The lowest BCUT2D eigenvalue weighted by molar-refractivity contribution is 0.306. The number of halogens is 2. The SMILES string of the molecule is S=C(NCc1ccco1)c1ccc(OCc2ccc(Cl)c(Cl)c2)cc1. The third-order valence-electron chi connectivity index (χ3n) is 3.51. The number of hydrogen-bond acceptors (Lipinski definition) is 3. The molecule has 0 aliphatic heterocycles. The van der Waals surface area contributed by atoms with E-state index in [-0.39, 0.29) is 0 Å². The predicted octanol–water partition coefficient (Wildman–Crippen LogP) is 5.63. The zero-order chi connectivity index (χ0) is 17.6. The molecule has 1 aromatic heterocycles. The van der Waals surface area contributed by atoms with Crippen molar-refractivity contribution in [3.05, 3.63) is 87.8 Å². The Morgan fingerprint density at radius 3 is 2.52 bits per heavy atom. The van der Waals surface area contributed by atoms with Gasteiger partial charge in [-0.05, 0) is 54.1 Å². The fourth-order valence-electron chi connectivity index (χ4n) is 2.18. The maximum Gasteiger partial charge on any atom is 0.122 e. The van der Waals surface area contributed by atoms with Crippen LogP contribution in [0.2, 0.25) is 10.0 Å². The summed E-state index contributed by atoms with van der Waals surface area (Å²) in [7, 11) is 0. The fraction of sp³-hybridized carbons (Fsp3) is 0.105. The summed E-state index contributed by atoms with van der Waals surface area (Å²) in [6.45, 7) is 0.971. The van der Waals surface area contributed by atoms with E-state index >= 15 is 0 Å². The van der Waals surface area contributed by atoms with Gasteiger partial charge in [-0.1, -0.05) is 41.5 Å². The lowest BCUT2D eigenvalue weighted by Gasteiger charge is -2.09. The first-order chi connectivity index (χ1) is 12.1. The van der Waals surface area contributed by atoms with Gasteiger partial charge in [-0.25, -0.2) is 0 Å². The molecule has 128 valence electrons. The molecule has 0 spiro atoms. The van der Waals surface area contributed by atoms with Crippen LogP contribution in [0.5, 0.6) is 5.75 Å². The highest BCUT2D eigenvalue weighted by Gasteiger charge is 2.04. The van der Waals surface area contributed by atoms with Crippen LogP contribution in [0.15, 0.2) is 65.3 Å². The van der Waals surface area contributed by atoms with Crippen LogP contribution in [-0.2, 0) is 13.2 Å². The molecule has 3 rings (SSSR count). The van der Waals surface area contributed by atoms with Crippen LogP contribution >= 0.6 is 35.4 Å². The molecule has 0 atom stereocenters. The van der Waals surface area contributed by atoms with Crippen molar-refractivity contribution in [1.82, 2.24) is 5.32 Å². The van der Waals surface area contributed by atoms with Gasteiger partial charge in [0.2, 0.25) is 0 Å². The number of nitrogens with one attached hydrogen (secondary N) is 1. The van der Waals surface area contributed by atoms with E-state index in [1.807, 2.05) is 42.5 Å². The van der Waals surface area contributed by atoms with Crippen LogP contribution in [-0.4, -0.2) is 4.99 Å². The standard InChI is InChI=1S/C19H15Cl2NO2S/c20-17-8-3-13(10-18(17)21)12-24-15-6-4-14(5-7-15)19(25)22-11-16-2-1-9-23-16/h1-10H,11-12H2,(H,22,25). The van der Waals surface area contributed by atoms with Crippen molar-refractivity contribution >= 4 is 40.4 Å². The van der Waals surface area contributed by atoms with Crippen molar-refractivity contribution in [2.45, 2.75) is 13.2 Å². The molecular formula is C19H15Cl2NO2S. The van der Waals surface area contributed by atoms with Gasteiger partial charge in [-0.15, -0.1) is 0 Å². The summed E-state index contributed by atoms with van der Waals surface area (Å²) in [5, 5.41) is 4.21. The summed E-state index contributed by atoms with van der Waals surface area (Å²) in [5.41, 5.74) is 1.87. The number of ether oxygens (including phenoxy) is 1. The minimum absolute atomic E-state index is 0.414. The molecule has 25 heavy (non-hydrogen) atoms. The molecule has 0 bridgehead atoms. The van der Waals surface area contributed by atoms with Gasteiger partial charge >= 0.3 is 0 Å². The van der Waals surface area contributed by atoms with Crippen molar-refractivity contribution in [3.8, 4) is 5.75 Å². The van der Waals surface area contributed by atoms with E-state index < -0.39 is 0 Å². The average Bonchev–Trinajstić information content (AvgIpc) is 3.15. The van der Waals surface area contributed by atoms with Crippen molar-refractivity contribution in [3.63, 3.8) is 0 Å². The van der Waals surface area contributed by atoms with Crippen molar-refractivity contribution in [1.29, 1.82) is 0 Å². The van der Waals surface area contributed by atoms with Gasteiger partial charge in [0.15, 0.2) is 0 Å². The van der Waals surface area contributed by atoms with Crippen molar-refractivity contribution < 1.29 is 9.15 Å². The molecule has 3 aromatic rings. The monoisotopic (exact) mass is 391 g/mol. The molecule has 1 heterocycles. The molecule has 1 N–H and O–H groups in total. The molecule has 0 saturated heterocycles. The second-order valence-corrected chi connectivity index (χ2v) is 6.55. The molecule has 0 radical (unpaired) electrons. The number of hydrogen-bond donors (Lipinski definition) is 1. The van der Waals surface area contributed by atoms with Gasteiger partial charge in [0.25, 0.3) is 0 Å². The van der Waals surface area contributed by atoms with E-state index in [4.69, 9.17) is 44.6 Å². The maximum absolute atomic E-state index is 6.00. The topological polar surface area (TPSA) is 34.4 Å². The highest BCUT2D eigenvalue weighted by Crippen LogP contribution is 2.23. The van der Waals surface area contributed by atoms with E-state index in [2.05, 4.69) is 5.32 Å². The Hall–Kier alpha value is -2.01. The Labute approximate surface area is 161 Å². The second kappa shape index (κ2) is 8.39. The van der Waals surface area contributed by atoms with Crippen LogP contribution in [0, 0.1) is 0 Å². The van der Waals surface area contributed by atoms with E-state index in [1.165, 1.54) is 0 Å². The van der Waals surface area contributed by atoms with Gasteiger partial charge in [-0.2, -0.15) is 0 Å². The number of furan rings is 1. The number of thiocarbonyl (C=S) groups is 1. The second-order valence-electron chi connectivity index (χ2n) is 5.32. The van der Waals surface area contributed by atoms with Crippen LogP contribution in [0.25, 0.3) is 0 Å². The van der Waals surface area contributed by atoms with Gasteiger partial charge in [-0.3, -0.25) is 0 Å². The Morgan fingerprint density at radius 2 is 1.84 bits per heavy atom. The Morgan fingerprint density at radius 1 is 1.04 bits per heavy atom. The highest BCUT2D eigenvalue weighted by molar-refractivity contribution is 7.80. The Balaban J connectivity index is 1.54. The first-order valence-electron chi connectivity index (χ1n) is 7.59. The lowest BCUT2D eigenvalue weighted by atomic mass is 10.2. The summed E-state index contributed by atoms with van der Waals surface area (Å²) in [6.07, 6.45) is 1.64. The first-order valence-corrected chi connectivity index (χ1v) is 8.75. The summed E-state index contributed by atoms with van der Waals surface area (Å²) < 4.78 is 11.0. The van der Waals surface area contributed by atoms with Gasteiger partial charge in [0, 0.05) is 5.56 Å². The Kier molecular flexibility index (Phi) is 5.97. The zero-order valence-electron chi connectivity index (χ0n) is 13.2. The van der Waals surface area contributed by atoms with E-state index in [9.17, 15) is 0 Å². The van der Waals surface area contributed by atoms with Crippen molar-refractivity contribution in [2.75, 3.05) is 0 Å². The fourth-order valence-corrected chi connectivity index (χ4v) is 2.71. The van der Waals surface area contributed by atoms with Gasteiger partial charge in [0.1, 0.15) is 23.1 Å². The number of benzene rings is 2. The van der Waals surface area contributed by atoms with Crippen LogP contribution in [0.1, 0.15) is 16.9 Å². The molecule has 2 aromatic carbocycles. The van der Waals surface area contributed by atoms with Crippen LogP contribution in [0.3, 0.4) is 0 Å². The molecule has 0 fully saturated rings. The van der Waals surface area contributed by atoms with Gasteiger partial charge < -0.3 is 14.5 Å². The molecule has 3 nitrogen and oxygen atoms in total. The normalized spacial score (nSPS) is 10.5. The summed E-state index contributed by atoms with van der Waals surface area (Å²) in [5.74, 6) is 1.59. The molecule has 0 unspecified atom stereocenters. The number of rotatable bonds is 6. The van der Waals surface area contributed by atoms with Crippen molar-refractivity contribution in [2.24, 2.45) is 0 Å².